The number of fused-ring (bicyclic) bond motifs is 1. The Morgan fingerprint density at radius 1 is 1.13 bits per heavy atom. The molecule has 30 heavy (non-hydrogen) atoms. The van der Waals surface area contributed by atoms with E-state index < -0.39 is 16.1 Å². The van der Waals surface area contributed by atoms with Gasteiger partial charge in [-0.05, 0) is 23.6 Å². The normalized spacial score (nSPS) is 16.2. The van der Waals surface area contributed by atoms with E-state index in [2.05, 4.69) is 29.7 Å². The van der Waals surface area contributed by atoms with Crippen LogP contribution in [0.15, 0.2) is 24.3 Å². The smallest absolute Gasteiger partial charge is 0.221 e. The molecule has 2 aromatic rings. The van der Waals surface area contributed by atoms with Gasteiger partial charge in [0.15, 0.2) is 5.82 Å². The molecular weight excluding hydrogens is 404 g/mol. The maximum Gasteiger partial charge on any atom is 0.221 e. The van der Waals surface area contributed by atoms with E-state index in [1.807, 2.05) is 38.1 Å². The van der Waals surface area contributed by atoms with Crippen LogP contribution < -0.4 is 10.0 Å². The Morgan fingerprint density at radius 3 is 2.43 bits per heavy atom. The Kier molecular flexibility index (Phi) is 6.89. The van der Waals surface area contributed by atoms with Gasteiger partial charge in [-0.25, -0.2) is 13.1 Å². The van der Waals surface area contributed by atoms with Gasteiger partial charge in [-0.2, -0.15) is 0 Å². The van der Waals surface area contributed by atoms with Crippen molar-refractivity contribution < 1.29 is 13.2 Å². The van der Waals surface area contributed by atoms with Crippen molar-refractivity contribution in [1.82, 2.24) is 24.4 Å². The average Bonchev–Trinajstić information content (AvgIpc) is 2.94. The van der Waals surface area contributed by atoms with Crippen molar-refractivity contribution in [3.63, 3.8) is 0 Å². The second kappa shape index (κ2) is 9.23. The Hall–Kier alpha value is -2.30. The molecule has 1 amide bonds. The monoisotopic (exact) mass is 434 g/mol. The van der Waals surface area contributed by atoms with E-state index in [9.17, 15) is 13.2 Å². The van der Waals surface area contributed by atoms with Gasteiger partial charge in [-0.15, -0.1) is 10.2 Å². The van der Waals surface area contributed by atoms with Gasteiger partial charge in [0.05, 0.1) is 12.3 Å². The summed E-state index contributed by atoms with van der Waals surface area (Å²) in [6, 6.07) is 7.45. The molecule has 1 aliphatic rings. The van der Waals surface area contributed by atoms with Gasteiger partial charge < -0.3 is 9.88 Å². The lowest BCUT2D eigenvalue weighted by atomic mass is 10.1. The number of aromatic nitrogens is 3. The van der Waals surface area contributed by atoms with Crippen molar-refractivity contribution >= 4 is 21.6 Å². The molecule has 3 rings (SSSR count). The molecule has 1 atom stereocenters. The molecule has 0 fully saturated rings. The summed E-state index contributed by atoms with van der Waals surface area (Å²) in [6.07, 6.45) is 1.92. The number of anilines is 1. The first-order valence-electron chi connectivity index (χ1n) is 10.1. The number of hydrogen-bond donors (Lipinski definition) is 2. The Labute approximate surface area is 177 Å². The van der Waals surface area contributed by atoms with Gasteiger partial charge in [0, 0.05) is 45.2 Å². The molecule has 2 N–H and O–H groups in total. The van der Waals surface area contributed by atoms with Crippen LogP contribution in [0.2, 0.25) is 0 Å². The largest absolute Gasteiger partial charge is 0.326 e. The summed E-state index contributed by atoms with van der Waals surface area (Å²) in [7, 11) is -3.36. The van der Waals surface area contributed by atoms with Crippen molar-refractivity contribution in [3.8, 4) is 0 Å². The fraction of sp³-hybridized carbons (Fsp3) is 0.550. The second-order valence-corrected chi connectivity index (χ2v) is 9.92. The number of rotatable bonds is 7. The van der Waals surface area contributed by atoms with Gasteiger partial charge in [-0.3, -0.25) is 9.69 Å². The van der Waals surface area contributed by atoms with Crippen molar-refractivity contribution in [2.45, 2.75) is 46.3 Å². The zero-order chi connectivity index (χ0) is 21.9. The molecule has 1 aromatic heterocycles. The van der Waals surface area contributed by atoms with Crippen LogP contribution in [-0.2, 0) is 34.3 Å². The molecule has 0 saturated carbocycles. The Morgan fingerprint density at radius 2 is 1.83 bits per heavy atom. The van der Waals surface area contributed by atoms with Gasteiger partial charge in [-0.1, -0.05) is 26.0 Å². The van der Waals surface area contributed by atoms with Crippen molar-refractivity contribution in [3.05, 3.63) is 41.5 Å². The van der Waals surface area contributed by atoms with E-state index in [-0.39, 0.29) is 11.8 Å². The number of benzene rings is 1. The fourth-order valence-corrected chi connectivity index (χ4v) is 4.49. The molecule has 2 heterocycles. The summed E-state index contributed by atoms with van der Waals surface area (Å²) in [6.45, 7) is 8.59. The highest BCUT2D eigenvalue weighted by Gasteiger charge is 2.28. The Bertz CT molecular complexity index is 984. The molecule has 0 bridgehead atoms. The molecule has 1 aromatic carbocycles. The number of sulfonamides is 1. The molecular formula is C20H30N6O3S. The topological polar surface area (TPSA) is 109 Å². The number of carbonyl (C=O) groups is 1. The van der Waals surface area contributed by atoms with E-state index in [1.54, 1.807) is 0 Å². The van der Waals surface area contributed by atoms with Crippen molar-refractivity contribution in [2.24, 2.45) is 5.92 Å². The minimum Gasteiger partial charge on any atom is -0.326 e. The van der Waals surface area contributed by atoms with Crippen LogP contribution in [0.3, 0.4) is 0 Å². The molecule has 10 heteroatoms. The quantitative estimate of drug-likeness (QED) is 0.684. The Balaban J connectivity index is 1.69. The molecule has 9 nitrogen and oxygen atoms in total. The standard InChI is InChI=1S/C20H30N6O3S/c1-14(2)19(24-30(4,28)29)20-23-22-18-9-10-25(11-12-26(18)20)13-16-5-7-17(8-6-16)21-15(3)27/h5-8,14,19,24H,9-13H2,1-4H3,(H,21,27). The lowest BCUT2D eigenvalue weighted by Crippen LogP contribution is -2.33. The van der Waals surface area contributed by atoms with Crippen LogP contribution in [0, 0.1) is 5.92 Å². The summed E-state index contributed by atoms with van der Waals surface area (Å²) < 4.78 is 28.4. The third kappa shape index (κ3) is 5.87. The first-order valence-corrected chi connectivity index (χ1v) is 12.0. The van der Waals surface area contributed by atoms with E-state index in [1.165, 1.54) is 18.7 Å². The van der Waals surface area contributed by atoms with Crippen molar-refractivity contribution in [2.75, 3.05) is 24.7 Å². The average molecular weight is 435 g/mol. The predicted octanol–water partition coefficient (Wildman–Crippen LogP) is 1.54. The number of amides is 1. The van der Waals surface area contributed by atoms with Gasteiger partial charge >= 0.3 is 0 Å². The second-order valence-electron chi connectivity index (χ2n) is 8.14. The highest BCUT2D eigenvalue weighted by Crippen LogP contribution is 2.23. The molecule has 0 saturated heterocycles. The molecule has 1 unspecified atom stereocenters. The summed E-state index contributed by atoms with van der Waals surface area (Å²) in [4.78, 5) is 13.5. The number of carbonyl (C=O) groups excluding carboxylic acids is 1. The SMILES string of the molecule is CC(=O)Nc1ccc(CN2CCc3nnc(C(NS(C)(=O)=O)C(C)C)n3CC2)cc1. The van der Waals surface area contributed by atoms with Crippen LogP contribution in [0.1, 0.15) is 44.0 Å². The van der Waals surface area contributed by atoms with Crippen LogP contribution >= 0.6 is 0 Å². The van der Waals surface area contributed by atoms with Gasteiger partial charge in [0.25, 0.3) is 0 Å². The first kappa shape index (κ1) is 22.4. The van der Waals surface area contributed by atoms with E-state index in [4.69, 9.17) is 0 Å². The van der Waals surface area contributed by atoms with E-state index in [0.717, 1.165) is 37.6 Å². The molecule has 164 valence electrons. The van der Waals surface area contributed by atoms with Crippen LogP contribution in [0.25, 0.3) is 0 Å². The van der Waals surface area contributed by atoms with Gasteiger partial charge in [0.2, 0.25) is 15.9 Å². The molecule has 0 aliphatic carbocycles. The summed E-state index contributed by atoms with van der Waals surface area (Å²) in [5.41, 5.74) is 1.96. The first-order chi connectivity index (χ1) is 14.1. The lowest BCUT2D eigenvalue weighted by Gasteiger charge is -2.22. The molecule has 0 spiro atoms. The van der Waals surface area contributed by atoms with Crippen molar-refractivity contribution in [1.29, 1.82) is 0 Å². The fourth-order valence-electron chi connectivity index (χ4n) is 3.65. The minimum absolute atomic E-state index is 0.0505. The van der Waals surface area contributed by atoms with Crippen LogP contribution in [0.4, 0.5) is 5.69 Å². The summed E-state index contributed by atoms with van der Waals surface area (Å²) >= 11 is 0. The van der Waals surface area contributed by atoms with Gasteiger partial charge in [0.1, 0.15) is 5.82 Å². The zero-order valence-electron chi connectivity index (χ0n) is 17.9. The highest BCUT2D eigenvalue weighted by atomic mass is 32.2. The number of nitrogens with one attached hydrogen (secondary N) is 2. The third-order valence-corrected chi connectivity index (χ3v) is 5.80. The highest BCUT2D eigenvalue weighted by molar-refractivity contribution is 7.88. The van der Waals surface area contributed by atoms with Crippen LogP contribution in [0.5, 0.6) is 0 Å². The third-order valence-electron chi connectivity index (χ3n) is 5.11. The summed E-state index contributed by atoms with van der Waals surface area (Å²) in [5, 5.41) is 11.4. The predicted molar refractivity (Wildman–Crippen MR) is 115 cm³/mol. The summed E-state index contributed by atoms with van der Waals surface area (Å²) in [5.74, 6) is 1.52. The molecule has 0 radical (unpaired) electrons. The maximum atomic E-state index is 11.8. The van der Waals surface area contributed by atoms with E-state index in [0.29, 0.717) is 12.4 Å². The number of nitrogens with zero attached hydrogens (tertiary/aromatic N) is 4. The van der Waals surface area contributed by atoms with E-state index >= 15 is 0 Å². The number of hydrogen-bond acceptors (Lipinski definition) is 6. The molecule has 1 aliphatic heterocycles. The minimum atomic E-state index is -3.36. The van der Waals surface area contributed by atoms with Crippen LogP contribution in [-0.4, -0.2) is 53.3 Å². The zero-order valence-corrected chi connectivity index (χ0v) is 18.7. The lowest BCUT2D eigenvalue weighted by molar-refractivity contribution is -0.114. The maximum absolute atomic E-state index is 11.8.